The SMILES string of the molecule is c1cc(O[C@@]23CCCN(CC2)C3)c2cccnc2c1. The van der Waals surface area contributed by atoms with E-state index < -0.39 is 0 Å². The van der Waals surface area contributed by atoms with Crippen molar-refractivity contribution in [2.24, 2.45) is 0 Å². The van der Waals surface area contributed by atoms with Gasteiger partial charge in [0.05, 0.1) is 5.52 Å². The van der Waals surface area contributed by atoms with Crippen molar-refractivity contribution >= 4 is 10.9 Å². The van der Waals surface area contributed by atoms with Crippen molar-refractivity contribution < 1.29 is 4.74 Å². The first kappa shape index (κ1) is 11.2. The number of aromatic nitrogens is 1. The third kappa shape index (κ3) is 1.89. The molecule has 2 saturated heterocycles. The summed E-state index contributed by atoms with van der Waals surface area (Å²) in [4.78, 5) is 6.92. The van der Waals surface area contributed by atoms with Crippen molar-refractivity contribution in [2.45, 2.75) is 24.9 Å². The van der Waals surface area contributed by atoms with Crippen LogP contribution < -0.4 is 4.74 Å². The first-order valence-corrected chi connectivity index (χ1v) is 7.10. The second-order valence-electron chi connectivity index (χ2n) is 5.74. The molecule has 3 heterocycles. The minimum absolute atomic E-state index is 0.0440. The van der Waals surface area contributed by atoms with E-state index in [0.29, 0.717) is 0 Å². The fraction of sp³-hybridized carbons (Fsp3) is 0.438. The monoisotopic (exact) mass is 254 g/mol. The second kappa shape index (κ2) is 4.20. The van der Waals surface area contributed by atoms with Crippen LogP contribution in [0.5, 0.6) is 5.75 Å². The zero-order valence-electron chi connectivity index (χ0n) is 11.0. The highest BCUT2D eigenvalue weighted by atomic mass is 16.5. The molecule has 2 fully saturated rings. The summed E-state index contributed by atoms with van der Waals surface area (Å²) in [6.45, 7) is 3.51. The molecule has 2 aliphatic heterocycles. The number of ether oxygens (including phenoxy) is 1. The van der Waals surface area contributed by atoms with Crippen molar-refractivity contribution in [3.8, 4) is 5.75 Å². The minimum Gasteiger partial charge on any atom is -0.485 e. The maximum atomic E-state index is 6.47. The lowest BCUT2D eigenvalue weighted by Crippen LogP contribution is -2.43. The van der Waals surface area contributed by atoms with Gasteiger partial charge in [-0.05, 0) is 43.7 Å². The molecule has 1 unspecified atom stereocenters. The number of piperidine rings is 1. The molecule has 0 aliphatic carbocycles. The quantitative estimate of drug-likeness (QED) is 0.824. The van der Waals surface area contributed by atoms with Crippen LogP contribution in [0.3, 0.4) is 0 Å². The molecule has 4 rings (SSSR count). The topological polar surface area (TPSA) is 25.4 Å². The molecule has 0 spiro atoms. The zero-order chi connectivity index (χ0) is 12.7. The van der Waals surface area contributed by atoms with Crippen LogP contribution in [0, 0.1) is 0 Å². The van der Waals surface area contributed by atoms with Crippen LogP contribution in [0.4, 0.5) is 0 Å². The van der Waals surface area contributed by atoms with Gasteiger partial charge in [-0.25, -0.2) is 0 Å². The third-order valence-corrected chi connectivity index (χ3v) is 4.43. The molecule has 1 aromatic carbocycles. The van der Waals surface area contributed by atoms with E-state index in [4.69, 9.17) is 4.74 Å². The van der Waals surface area contributed by atoms with E-state index >= 15 is 0 Å². The highest BCUT2D eigenvalue weighted by molar-refractivity contribution is 5.84. The van der Waals surface area contributed by atoms with Gasteiger partial charge in [-0.15, -0.1) is 0 Å². The average molecular weight is 254 g/mol. The lowest BCUT2D eigenvalue weighted by molar-refractivity contribution is 0.0467. The Morgan fingerprint density at radius 1 is 1.11 bits per heavy atom. The van der Waals surface area contributed by atoms with Crippen LogP contribution in [0.2, 0.25) is 0 Å². The summed E-state index contributed by atoms with van der Waals surface area (Å²) in [6.07, 6.45) is 5.43. The van der Waals surface area contributed by atoms with Crippen LogP contribution >= 0.6 is 0 Å². The Morgan fingerprint density at radius 2 is 2.11 bits per heavy atom. The van der Waals surface area contributed by atoms with Gasteiger partial charge >= 0.3 is 0 Å². The average Bonchev–Trinajstić information content (AvgIpc) is 2.74. The molecular weight excluding hydrogens is 236 g/mol. The Morgan fingerprint density at radius 3 is 3.11 bits per heavy atom. The van der Waals surface area contributed by atoms with Crippen LogP contribution in [0.15, 0.2) is 36.5 Å². The molecule has 2 aliphatic rings. The Hall–Kier alpha value is -1.61. The van der Waals surface area contributed by atoms with Gasteiger partial charge in [-0.1, -0.05) is 6.07 Å². The summed E-state index contributed by atoms with van der Waals surface area (Å²) in [5, 5.41) is 1.13. The molecule has 0 amide bonds. The highest BCUT2D eigenvalue weighted by Crippen LogP contribution is 2.37. The van der Waals surface area contributed by atoms with Gasteiger partial charge in [-0.2, -0.15) is 0 Å². The van der Waals surface area contributed by atoms with E-state index in [0.717, 1.165) is 29.6 Å². The molecule has 2 atom stereocenters. The minimum atomic E-state index is 0.0440. The van der Waals surface area contributed by atoms with Gasteiger partial charge in [0.2, 0.25) is 0 Å². The van der Waals surface area contributed by atoms with Crippen LogP contribution in [-0.4, -0.2) is 35.1 Å². The molecule has 2 aromatic rings. The van der Waals surface area contributed by atoms with E-state index in [2.05, 4.69) is 22.0 Å². The van der Waals surface area contributed by atoms with Gasteiger partial charge in [0.15, 0.2) is 0 Å². The Kier molecular flexibility index (Phi) is 2.49. The third-order valence-electron chi connectivity index (χ3n) is 4.43. The smallest absolute Gasteiger partial charge is 0.129 e. The van der Waals surface area contributed by atoms with Crippen LogP contribution in [0.25, 0.3) is 10.9 Å². The fourth-order valence-corrected chi connectivity index (χ4v) is 3.48. The zero-order valence-corrected chi connectivity index (χ0v) is 11.0. The summed E-state index contributed by atoms with van der Waals surface area (Å²) in [5.41, 5.74) is 1.06. The number of fused-ring (bicyclic) bond motifs is 3. The summed E-state index contributed by atoms with van der Waals surface area (Å²) < 4.78 is 6.47. The van der Waals surface area contributed by atoms with Crippen LogP contribution in [-0.2, 0) is 0 Å². The largest absolute Gasteiger partial charge is 0.485 e. The van der Waals surface area contributed by atoms with Crippen molar-refractivity contribution in [2.75, 3.05) is 19.6 Å². The Labute approximate surface area is 113 Å². The molecule has 98 valence electrons. The fourth-order valence-electron chi connectivity index (χ4n) is 3.48. The first-order chi connectivity index (χ1) is 9.35. The van der Waals surface area contributed by atoms with Crippen LogP contribution in [0.1, 0.15) is 19.3 Å². The molecular formula is C16H18N2O. The normalized spacial score (nSPS) is 29.6. The summed E-state index contributed by atoms with van der Waals surface area (Å²) in [7, 11) is 0. The molecule has 3 heteroatoms. The molecule has 1 aromatic heterocycles. The number of nitrogens with zero attached hydrogens (tertiary/aromatic N) is 2. The molecule has 0 N–H and O–H groups in total. The Balaban J connectivity index is 1.72. The van der Waals surface area contributed by atoms with Crippen molar-refractivity contribution in [3.05, 3.63) is 36.5 Å². The van der Waals surface area contributed by atoms with E-state index in [-0.39, 0.29) is 5.60 Å². The summed E-state index contributed by atoms with van der Waals surface area (Å²) in [6, 6.07) is 10.2. The molecule has 19 heavy (non-hydrogen) atoms. The van der Waals surface area contributed by atoms with E-state index in [1.54, 1.807) is 0 Å². The number of benzene rings is 1. The van der Waals surface area contributed by atoms with E-state index in [1.165, 1.54) is 25.9 Å². The molecule has 3 nitrogen and oxygen atoms in total. The van der Waals surface area contributed by atoms with Gasteiger partial charge in [0, 0.05) is 31.1 Å². The Bertz CT molecular complexity index is 603. The molecule has 2 bridgehead atoms. The number of rotatable bonds is 2. The van der Waals surface area contributed by atoms with Gasteiger partial charge < -0.3 is 4.74 Å². The van der Waals surface area contributed by atoms with Gasteiger partial charge in [0.25, 0.3) is 0 Å². The number of pyridine rings is 1. The van der Waals surface area contributed by atoms with E-state index in [1.807, 2.05) is 24.4 Å². The maximum absolute atomic E-state index is 6.47. The number of hydrogen-bond donors (Lipinski definition) is 0. The summed E-state index contributed by atoms with van der Waals surface area (Å²) >= 11 is 0. The lowest BCUT2D eigenvalue weighted by atomic mass is 9.94. The molecule has 0 saturated carbocycles. The van der Waals surface area contributed by atoms with Crippen molar-refractivity contribution in [1.29, 1.82) is 0 Å². The lowest BCUT2D eigenvalue weighted by Gasteiger charge is -2.34. The van der Waals surface area contributed by atoms with Crippen molar-refractivity contribution in [3.63, 3.8) is 0 Å². The second-order valence-corrected chi connectivity index (χ2v) is 5.74. The first-order valence-electron chi connectivity index (χ1n) is 7.10. The predicted molar refractivity (Wildman–Crippen MR) is 75.4 cm³/mol. The molecule has 0 radical (unpaired) electrons. The van der Waals surface area contributed by atoms with Crippen molar-refractivity contribution in [1.82, 2.24) is 9.88 Å². The summed E-state index contributed by atoms with van der Waals surface area (Å²) in [5.74, 6) is 0.995. The van der Waals surface area contributed by atoms with E-state index in [9.17, 15) is 0 Å². The predicted octanol–water partition coefficient (Wildman–Crippen LogP) is 2.85. The maximum Gasteiger partial charge on any atom is 0.129 e. The van der Waals surface area contributed by atoms with Gasteiger partial charge in [-0.3, -0.25) is 9.88 Å². The van der Waals surface area contributed by atoms with Gasteiger partial charge in [0.1, 0.15) is 11.4 Å². The number of hydrogen-bond acceptors (Lipinski definition) is 3. The standard InChI is InChI=1S/C16H18N2O/c1-5-14-13(4-2-9-17-14)15(6-1)19-16-7-3-10-18(12-16)11-8-16/h1-2,4-6,9H,3,7-8,10-12H2/t16-/m0/s1. The highest BCUT2D eigenvalue weighted by Gasteiger charge is 2.43.